The van der Waals surface area contributed by atoms with Crippen molar-refractivity contribution in [2.45, 2.75) is 87.6 Å². The van der Waals surface area contributed by atoms with Gasteiger partial charge in [-0.3, -0.25) is 40.9 Å². The van der Waals surface area contributed by atoms with Gasteiger partial charge >= 0.3 is 12.1 Å². The maximum atomic E-state index is 13.3. The summed E-state index contributed by atoms with van der Waals surface area (Å²) in [4.78, 5) is 85.3. The zero-order valence-corrected chi connectivity index (χ0v) is 22.6. The molecule has 6 saturated heterocycles. The van der Waals surface area contributed by atoms with Gasteiger partial charge in [-0.2, -0.15) is 10.1 Å². The second-order valence-electron chi connectivity index (χ2n) is 11.4. The van der Waals surface area contributed by atoms with E-state index in [0.717, 1.165) is 36.1 Å². The molecule has 17 nitrogen and oxygen atoms in total. The molecule has 6 heterocycles. The van der Waals surface area contributed by atoms with Crippen LogP contribution in [0.25, 0.3) is 0 Å². The Morgan fingerprint density at radius 2 is 1.02 bits per heavy atom. The van der Waals surface area contributed by atoms with Crippen LogP contribution in [0.4, 0.5) is 9.59 Å². The highest BCUT2D eigenvalue weighted by Crippen LogP contribution is 2.35. The molecular formula is C24H36N10O7. The Labute approximate surface area is 235 Å². The number of piperidine rings is 2. The Balaban J connectivity index is 1.02. The van der Waals surface area contributed by atoms with Gasteiger partial charge in [-0.1, -0.05) is 0 Å². The van der Waals surface area contributed by atoms with Crippen molar-refractivity contribution in [2.75, 3.05) is 26.2 Å². The zero-order valence-electron chi connectivity index (χ0n) is 22.6. The molecule has 0 radical (unpaired) electrons. The van der Waals surface area contributed by atoms with Gasteiger partial charge in [0, 0.05) is 13.1 Å². The lowest BCUT2D eigenvalue weighted by molar-refractivity contribution is -0.284. The molecule has 17 heteroatoms. The van der Waals surface area contributed by atoms with Crippen LogP contribution in [0.3, 0.4) is 0 Å². The topological polar surface area (TPSA) is 197 Å². The van der Waals surface area contributed by atoms with E-state index in [-0.39, 0.29) is 49.1 Å². The quantitative estimate of drug-likeness (QED) is 0.181. The predicted molar refractivity (Wildman–Crippen MR) is 137 cm³/mol. The van der Waals surface area contributed by atoms with Crippen molar-refractivity contribution in [3.8, 4) is 0 Å². The van der Waals surface area contributed by atoms with Crippen LogP contribution in [0.2, 0.25) is 0 Å². The lowest BCUT2D eigenvalue weighted by Crippen LogP contribution is -2.56. The van der Waals surface area contributed by atoms with E-state index in [2.05, 4.69) is 32.3 Å². The maximum Gasteiger partial charge on any atom is 0.347 e. The molecule has 0 aromatic heterocycles. The first-order valence-electron chi connectivity index (χ1n) is 14.4. The van der Waals surface area contributed by atoms with Gasteiger partial charge in [-0.15, -0.1) is 4.94 Å². The average molecular weight is 577 g/mol. The fourth-order valence-corrected chi connectivity index (χ4v) is 6.52. The Morgan fingerprint density at radius 3 is 1.41 bits per heavy atom. The van der Waals surface area contributed by atoms with Crippen molar-refractivity contribution >= 4 is 35.7 Å². The largest absolute Gasteiger partial charge is 0.347 e. The molecule has 0 spiro atoms. The SMILES string of the molecule is O=C(NNC(=O)[C@H]1CCCN1)[C@H]1CC[C@@H]2CN1C(=O)N2ON1C(=O)N2C[C@H]1CC[C@@H]2C(=O)NNC(=O)[C@H]1CCCN1. The highest BCUT2D eigenvalue weighted by molar-refractivity contribution is 5.92. The Morgan fingerprint density at radius 1 is 0.610 bits per heavy atom. The van der Waals surface area contributed by atoms with Gasteiger partial charge in [-0.25, -0.2) is 9.59 Å². The summed E-state index contributed by atoms with van der Waals surface area (Å²) < 4.78 is 0. The lowest BCUT2D eigenvalue weighted by atomic mass is 10.0. The van der Waals surface area contributed by atoms with Crippen LogP contribution in [-0.4, -0.2) is 118 Å². The third-order valence-electron chi connectivity index (χ3n) is 8.80. The first-order chi connectivity index (χ1) is 19.8. The van der Waals surface area contributed by atoms with E-state index in [4.69, 9.17) is 4.94 Å². The number of hydrazine groups is 2. The first-order valence-corrected chi connectivity index (χ1v) is 14.4. The molecule has 6 fully saturated rings. The molecule has 6 aliphatic rings. The van der Waals surface area contributed by atoms with Crippen molar-refractivity contribution < 1.29 is 33.7 Å². The van der Waals surface area contributed by atoms with Gasteiger partial charge in [0.2, 0.25) is 0 Å². The van der Waals surface area contributed by atoms with Gasteiger partial charge in [-0.05, 0) is 64.5 Å². The van der Waals surface area contributed by atoms with Gasteiger partial charge < -0.3 is 20.4 Å². The number of hydrogen-bond acceptors (Lipinski definition) is 9. The maximum absolute atomic E-state index is 13.3. The van der Waals surface area contributed by atoms with Crippen LogP contribution in [0.15, 0.2) is 0 Å². The summed E-state index contributed by atoms with van der Waals surface area (Å²) in [6, 6.07) is -4.08. The summed E-state index contributed by atoms with van der Waals surface area (Å²) in [5.74, 6) is -1.63. The van der Waals surface area contributed by atoms with Gasteiger partial charge in [0.25, 0.3) is 23.6 Å². The lowest BCUT2D eigenvalue weighted by Gasteiger charge is -2.30. The van der Waals surface area contributed by atoms with Crippen molar-refractivity contribution in [3.05, 3.63) is 0 Å². The summed E-state index contributed by atoms with van der Waals surface area (Å²) in [6.45, 7) is 1.98. The molecule has 41 heavy (non-hydrogen) atoms. The summed E-state index contributed by atoms with van der Waals surface area (Å²) in [6.07, 6.45) is 4.83. The molecule has 6 atom stereocenters. The van der Waals surface area contributed by atoms with E-state index in [9.17, 15) is 28.8 Å². The Hall–Kier alpha value is -3.70. The van der Waals surface area contributed by atoms with Crippen LogP contribution in [0.1, 0.15) is 51.4 Å². The molecule has 224 valence electrons. The van der Waals surface area contributed by atoms with E-state index >= 15 is 0 Å². The normalized spacial score (nSPS) is 32.4. The number of carbonyl (C=O) groups is 6. The fraction of sp³-hybridized carbons (Fsp3) is 0.750. The van der Waals surface area contributed by atoms with E-state index in [1.165, 1.54) is 9.80 Å². The summed E-state index contributed by atoms with van der Waals surface area (Å²) in [5.41, 5.74) is 9.75. The molecule has 6 rings (SSSR count). The van der Waals surface area contributed by atoms with Gasteiger partial charge in [0.15, 0.2) is 0 Å². The molecule has 0 aromatic rings. The number of fused-ring (bicyclic) bond motifs is 4. The minimum atomic E-state index is -0.788. The molecular weight excluding hydrogens is 540 g/mol. The molecule has 6 N–H and O–H groups in total. The number of hydrogen-bond donors (Lipinski definition) is 6. The van der Waals surface area contributed by atoms with E-state index in [0.29, 0.717) is 38.5 Å². The zero-order chi connectivity index (χ0) is 28.7. The molecule has 0 saturated carbocycles. The van der Waals surface area contributed by atoms with Crippen LogP contribution in [0.5, 0.6) is 0 Å². The Kier molecular flexibility index (Phi) is 7.56. The molecule has 8 amide bonds. The molecule has 0 aromatic carbocycles. The van der Waals surface area contributed by atoms with Crippen LogP contribution >= 0.6 is 0 Å². The van der Waals surface area contributed by atoms with Crippen molar-refractivity contribution in [1.82, 2.24) is 52.3 Å². The average Bonchev–Trinajstić information content (AvgIpc) is 3.79. The van der Waals surface area contributed by atoms with Crippen LogP contribution in [0, 0.1) is 0 Å². The monoisotopic (exact) mass is 576 g/mol. The van der Waals surface area contributed by atoms with Gasteiger partial charge in [0.05, 0.1) is 24.2 Å². The number of nitrogens with zero attached hydrogens (tertiary/aromatic N) is 4. The highest BCUT2D eigenvalue weighted by atomic mass is 16.9. The number of urea groups is 2. The number of rotatable bonds is 6. The summed E-state index contributed by atoms with van der Waals surface area (Å²) in [7, 11) is 0. The van der Waals surface area contributed by atoms with E-state index in [1.54, 1.807) is 0 Å². The highest BCUT2D eigenvalue weighted by Gasteiger charge is 2.53. The second kappa shape index (κ2) is 11.3. The summed E-state index contributed by atoms with van der Waals surface area (Å²) >= 11 is 0. The second-order valence-corrected chi connectivity index (χ2v) is 11.4. The smallest absolute Gasteiger partial charge is 0.309 e. The first kappa shape index (κ1) is 27.5. The van der Waals surface area contributed by atoms with Crippen molar-refractivity contribution in [2.24, 2.45) is 0 Å². The molecule has 0 unspecified atom stereocenters. The number of carbonyl (C=O) groups excluding carboxylic acids is 6. The number of nitrogens with one attached hydrogen (secondary N) is 6. The van der Waals surface area contributed by atoms with Gasteiger partial charge in [0.1, 0.15) is 12.1 Å². The Bertz CT molecular complexity index is 1030. The third kappa shape index (κ3) is 5.24. The molecule has 0 aliphatic carbocycles. The summed E-state index contributed by atoms with van der Waals surface area (Å²) in [5, 5.41) is 8.38. The van der Waals surface area contributed by atoms with Crippen molar-refractivity contribution in [1.29, 1.82) is 0 Å². The molecule has 4 bridgehead atoms. The minimum absolute atomic E-state index is 0.242. The van der Waals surface area contributed by atoms with Crippen LogP contribution < -0.4 is 32.3 Å². The fourth-order valence-electron chi connectivity index (χ4n) is 6.52. The molecule has 6 aliphatic heterocycles. The van der Waals surface area contributed by atoms with E-state index < -0.39 is 36.0 Å². The minimum Gasteiger partial charge on any atom is -0.309 e. The van der Waals surface area contributed by atoms with Crippen LogP contribution in [-0.2, 0) is 24.1 Å². The standard InChI is InChI=1S/C24H36N10O7/c35-19(15-3-1-9-25-15)27-29-21(37)17-7-5-13-11-31(17)23(39)33(13)41-34-14-6-8-18(32(12-14)24(34)40)22(38)30-28-20(36)16-4-2-10-26-16/h13-18,25-26H,1-12H2,(H,27,35)(H,28,36)(H,29,37)(H,30,38)/t13-,14-,15-,16-,17-,18-/m1/s1. The number of amides is 8. The number of hydroxylamine groups is 4. The predicted octanol–water partition coefficient (Wildman–Crippen LogP) is -2.83. The third-order valence-corrected chi connectivity index (χ3v) is 8.80. The van der Waals surface area contributed by atoms with Crippen molar-refractivity contribution in [3.63, 3.8) is 0 Å². The van der Waals surface area contributed by atoms with E-state index in [1.807, 2.05) is 0 Å².